The van der Waals surface area contributed by atoms with Gasteiger partial charge in [0.15, 0.2) is 0 Å². The summed E-state index contributed by atoms with van der Waals surface area (Å²) in [6, 6.07) is 3.67. The Bertz CT molecular complexity index is 562. The van der Waals surface area contributed by atoms with Gasteiger partial charge in [0.2, 0.25) is 11.9 Å². The Morgan fingerprint density at radius 3 is 2.48 bits per heavy atom. The van der Waals surface area contributed by atoms with E-state index in [0.717, 1.165) is 32.1 Å². The molecule has 0 spiro atoms. The van der Waals surface area contributed by atoms with Crippen molar-refractivity contribution in [1.29, 1.82) is 0 Å². The van der Waals surface area contributed by atoms with Gasteiger partial charge >= 0.3 is 0 Å². The molecule has 21 heavy (non-hydrogen) atoms. The normalized spacial score (nSPS) is 15.2. The highest BCUT2D eigenvalue weighted by molar-refractivity contribution is 5.76. The minimum Gasteiger partial charge on any atom is -0.339 e. The quantitative estimate of drug-likeness (QED) is 0.814. The molecular formula is C14H18N6O. The molecule has 0 radical (unpaired) electrons. The maximum absolute atomic E-state index is 12.2. The molecule has 0 aliphatic carbocycles. The maximum atomic E-state index is 12.2. The molecule has 0 unspecified atom stereocenters. The van der Waals surface area contributed by atoms with Crippen LogP contribution in [0, 0.1) is 0 Å². The predicted molar refractivity (Wildman–Crippen MR) is 77.7 cm³/mol. The van der Waals surface area contributed by atoms with Crippen molar-refractivity contribution < 1.29 is 4.79 Å². The van der Waals surface area contributed by atoms with Gasteiger partial charge in [-0.15, -0.1) is 0 Å². The molecule has 0 bridgehead atoms. The SMILES string of the molecule is O=C(CCn1cccn1)N1CCN(c2ncccn2)CC1. The number of carbonyl (C=O) groups is 1. The number of nitrogens with zero attached hydrogens (tertiary/aromatic N) is 6. The number of hydrogen-bond donors (Lipinski definition) is 0. The molecule has 1 aliphatic heterocycles. The molecule has 7 heteroatoms. The van der Waals surface area contributed by atoms with Crippen molar-refractivity contribution in [1.82, 2.24) is 24.6 Å². The van der Waals surface area contributed by atoms with Gasteiger partial charge in [-0.25, -0.2) is 9.97 Å². The second-order valence-electron chi connectivity index (χ2n) is 4.94. The molecule has 2 aromatic rings. The van der Waals surface area contributed by atoms with Gasteiger partial charge in [-0.2, -0.15) is 5.10 Å². The number of piperazine rings is 1. The number of amides is 1. The fourth-order valence-corrected chi connectivity index (χ4v) is 2.41. The van der Waals surface area contributed by atoms with E-state index in [0.29, 0.717) is 13.0 Å². The van der Waals surface area contributed by atoms with E-state index < -0.39 is 0 Å². The van der Waals surface area contributed by atoms with Gasteiger partial charge in [0.1, 0.15) is 0 Å². The minimum absolute atomic E-state index is 0.180. The summed E-state index contributed by atoms with van der Waals surface area (Å²) in [6.45, 7) is 3.62. The number of aromatic nitrogens is 4. The highest BCUT2D eigenvalue weighted by atomic mass is 16.2. The third kappa shape index (κ3) is 3.36. The van der Waals surface area contributed by atoms with E-state index in [9.17, 15) is 4.79 Å². The van der Waals surface area contributed by atoms with Crippen molar-refractivity contribution >= 4 is 11.9 Å². The molecule has 3 rings (SSSR count). The van der Waals surface area contributed by atoms with Gasteiger partial charge < -0.3 is 9.80 Å². The third-order valence-electron chi connectivity index (χ3n) is 3.58. The number of aryl methyl sites for hydroxylation is 1. The summed E-state index contributed by atoms with van der Waals surface area (Å²) in [5.74, 6) is 0.917. The molecule has 1 fully saturated rings. The van der Waals surface area contributed by atoms with Crippen LogP contribution in [0.5, 0.6) is 0 Å². The summed E-state index contributed by atoms with van der Waals surface area (Å²) in [6.07, 6.45) is 7.57. The van der Waals surface area contributed by atoms with Gasteiger partial charge in [-0.1, -0.05) is 0 Å². The molecule has 0 saturated carbocycles. The predicted octanol–water partition coefficient (Wildman–Crippen LogP) is 0.412. The Balaban J connectivity index is 1.48. The van der Waals surface area contributed by atoms with E-state index in [1.165, 1.54) is 0 Å². The highest BCUT2D eigenvalue weighted by Crippen LogP contribution is 2.10. The molecule has 0 atom stereocenters. The van der Waals surface area contributed by atoms with Crippen LogP contribution in [0.3, 0.4) is 0 Å². The van der Waals surface area contributed by atoms with E-state index in [1.54, 1.807) is 29.3 Å². The highest BCUT2D eigenvalue weighted by Gasteiger charge is 2.22. The van der Waals surface area contributed by atoms with Crippen LogP contribution in [-0.4, -0.2) is 56.7 Å². The summed E-state index contributed by atoms with van der Waals surface area (Å²) < 4.78 is 1.78. The van der Waals surface area contributed by atoms with Crippen LogP contribution in [0.15, 0.2) is 36.9 Å². The first-order valence-electron chi connectivity index (χ1n) is 7.10. The maximum Gasteiger partial charge on any atom is 0.225 e. The lowest BCUT2D eigenvalue weighted by atomic mass is 10.3. The smallest absolute Gasteiger partial charge is 0.225 e. The fraction of sp³-hybridized carbons (Fsp3) is 0.429. The van der Waals surface area contributed by atoms with E-state index in [-0.39, 0.29) is 5.91 Å². The molecule has 2 aromatic heterocycles. The van der Waals surface area contributed by atoms with Crippen LogP contribution < -0.4 is 4.90 Å². The lowest BCUT2D eigenvalue weighted by molar-refractivity contribution is -0.131. The Morgan fingerprint density at radius 1 is 1.05 bits per heavy atom. The Kier molecular flexibility index (Phi) is 4.09. The van der Waals surface area contributed by atoms with Crippen LogP contribution >= 0.6 is 0 Å². The topological polar surface area (TPSA) is 67.2 Å². The van der Waals surface area contributed by atoms with E-state index >= 15 is 0 Å². The zero-order valence-corrected chi connectivity index (χ0v) is 11.8. The van der Waals surface area contributed by atoms with Gasteiger partial charge in [0.05, 0.1) is 0 Å². The second kappa shape index (κ2) is 6.34. The number of rotatable bonds is 4. The van der Waals surface area contributed by atoms with Crippen LogP contribution in [0.25, 0.3) is 0 Å². The monoisotopic (exact) mass is 286 g/mol. The van der Waals surface area contributed by atoms with Crippen LogP contribution in [0.4, 0.5) is 5.95 Å². The summed E-state index contributed by atoms with van der Waals surface area (Å²) in [7, 11) is 0. The molecule has 110 valence electrons. The average Bonchev–Trinajstić information content (AvgIpc) is 3.07. The molecule has 1 saturated heterocycles. The first-order valence-corrected chi connectivity index (χ1v) is 7.10. The largest absolute Gasteiger partial charge is 0.339 e. The van der Waals surface area contributed by atoms with Crippen molar-refractivity contribution in [3.63, 3.8) is 0 Å². The number of hydrogen-bond acceptors (Lipinski definition) is 5. The van der Waals surface area contributed by atoms with Gasteiger partial charge in [-0.05, 0) is 12.1 Å². The van der Waals surface area contributed by atoms with Gasteiger partial charge in [-0.3, -0.25) is 9.48 Å². The fourth-order valence-electron chi connectivity index (χ4n) is 2.41. The van der Waals surface area contributed by atoms with E-state index in [4.69, 9.17) is 0 Å². The van der Waals surface area contributed by atoms with Crippen molar-refractivity contribution in [2.24, 2.45) is 0 Å². The molecule has 3 heterocycles. The Morgan fingerprint density at radius 2 is 1.81 bits per heavy atom. The molecule has 7 nitrogen and oxygen atoms in total. The third-order valence-corrected chi connectivity index (χ3v) is 3.58. The first kappa shape index (κ1) is 13.5. The van der Waals surface area contributed by atoms with Gasteiger partial charge in [0.25, 0.3) is 0 Å². The molecule has 0 aromatic carbocycles. The Hall–Kier alpha value is -2.44. The lowest BCUT2D eigenvalue weighted by Gasteiger charge is -2.34. The van der Waals surface area contributed by atoms with Crippen molar-refractivity contribution in [3.05, 3.63) is 36.9 Å². The zero-order valence-electron chi connectivity index (χ0n) is 11.8. The summed E-state index contributed by atoms with van der Waals surface area (Å²) >= 11 is 0. The summed E-state index contributed by atoms with van der Waals surface area (Å²) in [5.41, 5.74) is 0. The summed E-state index contributed by atoms with van der Waals surface area (Å²) in [5, 5.41) is 4.11. The van der Waals surface area contributed by atoms with Crippen molar-refractivity contribution in [2.45, 2.75) is 13.0 Å². The van der Waals surface area contributed by atoms with E-state index in [1.807, 2.05) is 17.2 Å². The number of anilines is 1. The van der Waals surface area contributed by atoms with Crippen molar-refractivity contribution in [3.8, 4) is 0 Å². The Labute approximate surface area is 123 Å². The average molecular weight is 286 g/mol. The molecule has 1 amide bonds. The van der Waals surface area contributed by atoms with Gasteiger partial charge in [0, 0.05) is 63.9 Å². The molecule has 1 aliphatic rings. The van der Waals surface area contributed by atoms with Crippen LogP contribution in [0.2, 0.25) is 0 Å². The first-order chi connectivity index (χ1) is 10.3. The number of carbonyl (C=O) groups excluding carboxylic acids is 1. The molecule has 0 N–H and O–H groups in total. The zero-order chi connectivity index (χ0) is 14.5. The van der Waals surface area contributed by atoms with Crippen LogP contribution in [-0.2, 0) is 11.3 Å². The molecular weight excluding hydrogens is 268 g/mol. The van der Waals surface area contributed by atoms with Crippen LogP contribution in [0.1, 0.15) is 6.42 Å². The minimum atomic E-state index is 0.180. The lowest BCUT2D eigenvalue weighted by Crippen LogP contribution is -2.49. The van der Waals surface area contributed by atoms with E-state index in [2.05, 4.69) is 20.0 Å². The summed E-state index contributed by atoms with van der Waals surface area (Å²) in [4.78, 5) is 24.7. The second-order valence-corrected chi connectivity index (χ2v) is 4.94. The van der Waals surface area contributed by atoms with Crippen molar-refractivity contribution in [2.75, 3.05) is 31.1 Å². The standard InChI is InChI=1S/C14H18N6O/c21-13(3-8-20-7-2-6-17-20)18-9-11-19(12-10-18)14-15-4-1-5-16-14/h1-2,4-7H,3,8-12H2.